The summed E-state index contributed by atoms with van der Waals surface area (Å²) in [4.78, 5) is 12.9. The molecular formula is C20H21Cl3N2O4S. The summed E-state index contributed by atoms with van der Waals surface area (Å²) in [5, 5.41) is 3.30. The summed E-state index contributed by atoms with van der Waals surface area (Å²) in [6.45, 7) is 3.01. The molecule has 2 aromatic rings. The van der Waals surface area contributed by atoms with Crippen molar-refractivity contribution in [3.63, 3.8) is 0 Å². The number of nitrogens with zero attached hydrogens (tertiary/aromatic N) is 1. The Bertz CT molecular complexity index is 1070. The molecule has 0 saturated carbocycles. The number of methoxy groups -OCH3 is 1. The van der Waals surface area contributed by atoms with Gasteiger partial charge in [0, 0.05) is 13.1 Å². The second-order valence-corrected chi connectivity index (χ2v) is 10.3. The molecule has 1 fully saturated rings. The van der Waals surface area contributed by atoms with Crippen molar-refractivity contribution in [1.82, 2.24) is 4.31 Å². The molecule has 162 valence electrons. The molecule has 1 N–H and O–H groups in total. The maximum absolute atomic E-state index is 13.1. The number of amides is 1. The van der Waals surface area contributed by atoms with Crippen LogP contribution < -0.4 is 10.1 Å². The van der Waals surface area contributed by atoms with Gasteiger partial charge >= 0.3 is 0 Å². The largest absolute Gasteiger partial charge is 0.496 e. The summed E-state index contributed by atoms with van der Waals surface area (Å²) in [6, 6.07) is 7.05. The van der Waals surface area contributed by atoms with E-state index in [0.717, 1.165) is 12.8 Å². The first-order valence-corrected chi connectivity index (χ1v) is 11.8. The second kappa shape index (κ2) is 9.32. The number of sulfonamides is 1. The molecule has 0 aromatic heterocycles. The lowest BCUT2D eigenvalue weighted by Gasteiger charge is -2.29. The molecule has 6 nitrogen and oxygen atoms in total. The minimum atomic E-state index is -3.73. The zero-order valence-corrected chi connectivity index (χ0v) is 19.5. The van der Waals surface area contributed by atoms with E-state index in [4.69, 9.17) is 39.5 Å². The Morgan fingerprint density at radius 2 is 1.70 bits per heavy atom. The molecule has 1 saturated heterocycles. The fourth-order valence-electron chi connectivity index (χ4n) is 3.21. The Labute approximate surface area is 191 Å². The minimum Gasteiger partial charge on any atom is -0.496 e. The van der Waals surface area contributed by atoms with Gasteiger partial charge in [0.15, 0.2) is 0 Å². The van der Waals surface area contributed by atoms with Crippen molar-refractivity contribution >= 4 is 56.4 Å². The molecule has 3 rings (SSSR count). The van der Waals surface area contributed by atoms with E-state index in [1.165, 1.54) is 41.7 Å². The van der Waals surface area contributed by atoms with Crippen molar-refractivity contribution in [1.29, 1.82) is 0 Å². The number of benzene rings is 2. The maximum Gasteiger partial charge on any atom is 0.259 e. The van der Waals surface area contributed by atoms with Crippen LogP contribution in [0.15, 0.2) is 35.2 Å². The number of carbonyl (C=O) groups excluding carboxylic acids is 1. The molecule has 0 aliphatic carbocycles. The number of hydrogen-bond acceptors (Lipinski definition) is 4. The van der Waals surface area contributed by atoms with Crippen LogP contribution in [0.3, 0.4) is 0 Å². The van der Waals surface area contributed by atoms with Gasteiger partial charge in [0.25, 0.3) is 5.91 Å². The number of hydrogen-bond donors (Lipinski definition) is 1. The van der Waals surface area contributed by atoms with Crippen LogP contribution in [-0.2, 0) is 10.0 Å². The van der Waals surface area contributed by atoms with Crippen LogP contribution in [-0.4, -0.2) is 38.8 Å². The average Bonchev–Trinajstić information content (AvgIpc) is 2.71. The first-order chi connectivity index (χ1) is 14.1. The maximum atomic E-state index is 13.1. The van der Waals surface area contributed by atoms with Gasteiger partial charge in [-0.1, -0.05) is 41.7 Å². The van der Waals surface area contributed by atoms with Crippen LogP contribution in [0.25, 0.3) is 0 Å². The van der Waals surface area contributed by atoms with Gasteiger partial charge in [-0.25, -0.2) is 8.42 Å². The number of anilines is 1. The average molecular weight is 492 g/mol. The van der Waals surface area contributed by atoms with Gasteiger partial charge in [-0.15, -0.1) is 0 Å². The summed E-state index contributed by atoms with van der Waals surface area (Å²) in [6.07, 6.45) is 1.61. The molecule has 0 atom stereocenters. The van der Waals surface area contributed by atoms with Gasteiger partial charge in [0.2, 0.25) is 10.0 Å². The molecule has 10 heteroatoms. The lowest BCUT2D eigenvalue weighted by atomic mass is 10.0. The quantitative estimate of drug-likeness (QED) is 0.574. The fourth-order valence-corrected chi connectivity index (χ4v) is 5.30. The summed E-state index contributed by atoms with van der Waals surface area (Å²) in [5.74, 6) is 0.135. The van der Waals surface area contributed by atoms with Crippen LogP contribution in [0.4, 0.5) is 5.69 Å². The second-order valence-electron chi connectivity index (χ2n) is 7.15. The third-order valence-electron chi connectivity index (χ3n) is 5.05. The van der Waals surface area contributed by atoms with Gasteiger partial charge in [-0.05, 0) is 49.1 Å². The molecule has 2 aromatic carbocycles. The Balaban J connectivity index is 1.93. The van der Waals surface area contributed by atoms with E-state index >= 15 is 0 Å². The predicted molar refractivity (Wildman–Crippen MR) is 120 cm³/mol. The lowest BCUT2D eigenvalue weighted by Crippen LogP contribution is -2.37. The Kier molecular flexibility index (Phi) is 7.20. The number of carbonyl (C=O) groups is 1. The highest BCUT2D eigenvalue weighted by atomic mass is 35.5. The van der Waals surface area contributed by atoms with Crippen molar-refractivity contribution in [2.45, 2.75) is 24.7 Å². The standard InChI is InChI=1S/C20H21Cl3N2O4S/c1-12-5-7-25(8-6-12)30(27,28)13-3-4-19(29-2)14(9-13)20(26)24-18-11-16(22)15(21)10-17(18)23/h3-4,9-12H,5-8H2,1-2H3,(H,24,26). The van der Waals surface area contributed by atoms with E-state index in [2.05, 4.69) is 12.2 Å². The molecule has 0 spiro atoms. The van der Waals surface area contributed by atoms with E-state index in [0.29, 0.717) is 19.0 Å². The summed E-state index contributed by atoms with van der Waals surface area (Å²) >= 11 is 18.1. The molecule has 1 aliphatic heterocycles. The molecule has 0 unspecified atom stereocenters. The number of piperidine rings is 1. The van der Waals surface area contributed by atoms with E-state index in [1.807, 2.05) is 0 Å². The summed E-state index contributed by atoms with van der Waals surface area (Å²) in [7, 11) is -2.33. The number of rotatable bonds is 5. The number of nitrogens with one attached hydrogen (secondary N) is 1. The van der Waals surface area contributed by atoms with Crippen molar-refractivity contribution in [2.24, 2.45) is 5.92 Å². The molecule has 1 heterocycles. The molecule has 1 aliphatic rings. The van der Waals surface area contributed by atoms with Crippen LogP contribution in [0.2, 0.25) is 15.1 Å². The number of ether oxygens (including phenoxy) is 1. The first kappa shape index (κ1) is 23.2. The Morgan fingerprint density at radius 1 is 1.07 bits per heavy atom. The van der Waals surface area contributed by atoms with Crippen molar-refractivity contribution < 1.29 is 17.9 Å². The molecular weight excluding hydrogens is 471 g/mol. The lowest BCUT2D eigenvalue weighted by molar-refractivity contribution is 0.102. The van der Waals surface area contributed by atoms with Gasteiger partial charge in [-0.3, -0.25) is 4.79 Å². The van der Waals surface area contributed by atoms with Crippen LogP contribution >= 0.6 is 34.8 Å². The predicted octanol–water partition coefficient (Wildman–Crippen LogP) is 5.33. The smallest absolute Gasteiger partial charge is 0.259 e. The van der Waals surface area contributed by atoms with Gasteiger partial charge < -0.3 is 10.1 Å². The van der Waals surface area contributed by atoms with Crippen molar-refractivity contribution in [3.05, 3.63) is 51.0 Å². The highest BCUT2D eigenvalue weighted by Gasteiger charge is 2.29. The summed E-state index contributed by atoms with van der Waals surface area (Å²) < 4.78 is 32.8. The van der Waals surface area contributed by atoms with Gasteiger partial charge in [0.05, 0.1) is 38.3 Å². The summed E-state index contributed by atoms with van der Waals surface area (Å²) in [5.41, 5.74) is 0.308. The SMILES string of the molecule is COc1ccc(S(=O)(=O)N2CCC(C)CC2)cc1C(=O)Nc1cc(Cl)c(Cl)cc1Cl. The normalized spacial score (nSPS) is 15.8. The van der Waals surface area contributed by atoms with E-state index in [-0.39, 0.29) is 37.0 Å². The zero-order valence-electron chi connectivity index (χ0n) is 16.4. The Hall–Kier alpha value is -1.51. The van der Waals surface area contributed by atoms with Gasteiger partial charge in [-0.2, -0.15) is 4.31 Å². The molecule has 0 bridgehead atoms. The van der Waals surface area contributed by atoms with Crippen molar-refractivity contribution in [2.75, 3.05) is 25.5 Å². The number of halogens is 3. The molecule has 0 radical (unpaired) electrons. The molecule has 30 heavy (non-hydrogen) atoms. The van der Waals surface area contributed by atoms with E-state index < -0.39 is 15.9 Å². The minimum absolute atomic E-state index is 0.0308. The first-order valence-electron chi connectivity index (χ1n) is 9.27. The van der Waals surface area contributed by atoms with Crippen LogP contribution in [0.5, 0.6) is 5.75 Å². The highest BCUT2D eigenvalue weighted by Crippen LogP contribution is 2.33. The highest BCUT2D eigenvalue weighted by molar-refractivity contribution is 7.89. The van der Waals surface area contributed by atoms with Crippen LogP contribution in [0, 0.1) is 5.92 Å². The third kappa shape index (κ3) is 4.86. The third-order valence-corrected chi connectivity index (χ3v) is 7.98. The van der Waals surface area contributed by atoms with E-state index in [1.54, 1.807) is 0 Å². The fraction of sp³-hybridized carbons (Fsp3) is 0.350. The van der Waals surface area contributed by atoms with Crippen molar-refractivity contribution in [3.8, 4) is 5.75 Å². The van der Waals surface area contributed by atoms with E-state index in [9.17, 15) is 13.2 Å². The van der Waals surface area contributed by atoms with Gasteiger partial charge in [0.1, 0.15) is 5.75 Å². The Morgan fingerprint density at radius 3 is 2.33 bits per heavy atom. The van der Waals surface area contributed by atoms with Crippen LogP contribution in [0.1, 0.15) is 30.1 Å². The molecule has 1 amide bonds. The zero-order chi connectivity index (χ0) is 22.1. The topological polar surface area (TPSA) is 75.7 Å². The monoisotopic (exact) mass is 490 g/mol.